The van der Waals surface area contributed by atoms with Gasteiger partial charge in [0.2, 0.25) is 5.78 Å². The van der Waals surface area contributed by atoms with Crippen LogP contribution in [0.2, 0.25) is 0 Å². The van der Waals surface area contributed by atoms with Crippen LogP contribution in [0.15, 0.2) is 59.9 Å². The topological polar surface area (TPSA) is 87.4 Å². The monoisotopic (exact) mass is 530 g/mol. The minimum Gasteiger partial charge on any atom is -0.503 e. The fourth-order valence-corrected chi connectivity index (χ4v) is 6.59. The Kier molecular flexibility index (Phi) is 6.51. The molecular weight excluding hydrogens is 500 g/mol. The summed E-state index contributed by atoms with van der Waals surface area (Å²) < 4.78 is 7.41. The number of aliphatic hydroxyl groups is 1. The van der Waals surface area contributed by atoms with E-state index in [1.54, 1.807) is 4.90 Å². The number of morpholine rings is 1. The molecule has 1 amide bonds. The van der Waals surface area contributed by atoms with Crippen LogP contribution in [0.5, 0.6) is 0 Å². The van der Waals surface area contributed by atoms with Crippen LogP contribution in [0.1, 0.15) is 39.0 Å². The van der Waals surface area contributed by atoms with Crippen molar-refractivity contribution in [1.29, 1.82) is 0 Å². The number of carbonyl (C=O) groups excluding carboxylic acids is 2. The number of aliphatic hydroxyl groups excluding tert-OH is 1. The molecule has 8 nitrogen and oxygen atoms in total. The zero-order valence-electron chi connectivity index (χ0n) is 21.5. The van der Waals surface area contributed by atoms with E-state index in [2.05, 4.69) is 9.88 Å². The summed E-state index contributed by atoms with van der Waals surface area (Å²) in [6.45, 7) is 8.33. The summed E-state index contributed by atoms with van der Waals surface area (Å²) in [7, 11) is 0. The number of hydrogen-bond acceptors (Lipinski definition) is 7. The Balaban J connectivity index is 1.35. The fraction of sp³-hybridized carbons (Fsp3) is 0.345. The van der Waals surface area contributed by atoms with Crippen molar-refractivity contribution < 1.29 is 19.4 Å². The van der Waals surface area contributed by atoms with Gasteiger partial charge in [-0.3, -0.25) is 18.9 Å². The SMILES string of the molecule is Cc1ccc(C2C(C(=O)c3sc4nc5ccccc5n4c3C)=C(O)C(=O)N2CCCN2CCOCC2)cc1. The lowest BCUT2D eigenvalue weighted by molar-refractivity contribution is -0.129. The van der Waals surface area contributed by atoms with Crippen LogP contribution in [0.25, 0.3) is 16.0 Å². The van der Waals surface area contributed by atoms with Crippen molar-refractivity contribution in [3.05, 3.63) is 81.6 Å². The second-order valence-corrected chi connectivity index (χ2v) is 10.9. The first kappa shape index (κ1) is 24.8. The molecule has 2 aliphatic heterocycles. The van der Waals surface area contributed by atoms with Crippen molar-refractivity contribution in [2.75, 3.05) is 39.4 Å². The third-order valence-corrected chi connectivity index (χ3v) is 8.65. The maximum atomic E-state index is 14.1. The maximum Gasteiger partial charge on any atom is 0.290 e. The van der Waals surface area contributed by atoms with E-state index in [0.717, 1.165) is 53.9 Å². The number of ether oxygens (including phenoxy) is 1. The highest BCUT2D eigenvalue weighted by Crippen LogP contribution is 2.41. The molecule has 1 atom stereocenters. The standard InChI is InChI=1S/C29H30N4O4S/c1-18-8-10-20(11-9-18)24-23(26(35)28(36)32(24)13-5-12-31-14-16-37-17-15-31)25(34)27-19(2)33-22-7-4-3-6-21(22)30-29(33)38-27/h3-4,6-11,24,35H,5,12-17H2,1-2H3. The largest absolute Gasteiger partial charge is 0.503 e. The molecule has 0 saturated carbocycles. The number of rotatable bonds is 7. The van der Waals surface area contributed by atoms with Crippen LogP contribution in [0.3, 0.4) is 0 Å². The Bertz CT molecular complexity index is 1560. The molecule has 1 unspecified atom stereocenters. The van der Waals surface area contributed by atoms with Crippen molar-refractivity contribution >= 4 is 39.0 Å². The fourth-order valence-electron chi connectivity index (χ4n) is 5.50. The summed E-state index contributed by atoms with van der Waals surface area (Å²) in [5.74, 6) is -1.28. The molecule has 2 aromatic carbocycles. The van der Waals surface area contributed by atoms with Crippen LogP contribution in [-0.2, 0) is 9.53 Å². The number of nitrogens with zero attached hydrogens (tertiary/aromatic N) is 4. The molecule has 6 rings (SSSR count). The quantitative estimate of drug-likeness (QED) is 0.355. The number of ketones is 1. The number of para-hydroxylation sites is 2. The predicted molar refractivity (Wildman–Crippen MR) is 147 cm³/mol. The maximum absolute atomic E-state index is 14.1. The van der Waals surface area contributed by atoms with Gasteiger partial charge < -0.3 is 14.7 Å². The van der Waals surface area contributed by atoms with Gasteiger partial charge in [0.05, 0.1) is 40.7 Å². The van der Waals surface area contributed by atoms with Gasteiger partial charge in [-0.15, -0.1) is 0 Å². The van der Waals surface area contributed by atoms with E-state index < -0.39 is 17.7 Å². The number of thiazole rings is 1. The molecule has 196 valence electrons. The normalized spacial score (nSPS) is 18.8. The summed E-state index contributed by atoms with van der Waals surface area (Å²) in [4.78, 5) is 37.3. The van der Waals surface area contributed by atoms with E-state index in [1.807, 2.05) is 66.8 Å². The first-order chi connectivity index (χ1) is 18.4. The van der Waals surface area contributed by atoms with Crippen LogP contribution >= 0.6 is 11.3 Å². The molecule has 2 aliphatic rings. The minimum absolute atomic E-state index is 0.141. The van der Waals surface area contributed by atoms with Gasteiger partial charge in [0.15, 0.2) is 10.7 Å². The molecule has 4 aromatic rings. The van der Waals surface area contributed by atoms with E-state index >= 15 is 0 Å². The lowest BCUT2D eigenvalue weighted by Gasteiger charge is -2.30. The Morgan fingerprint density at radius 1 is 1.08 bits per heavy atom. The number of aryl methyl sites for hydroxylation is 2. The molecule has 9 heteroatoms. The summed E-state index contributed by atoms with van der Waals surface area (Å²) in [5.41, 5.74) is 4.58. The molecule has 0 spiro atoms. The number of imidazole rings is 1. The van der Waals surface area contributed by atoms with Crippen LogP contribution in [0.4, 0.5) is 0 Å². The number of benzene rings is 2. The van der Waals surface area contributed by atoms with E-state index in [9.17, 15) is 14.7 Å². The van der Waals surface area contributed by atoms with Crippen LogP contribution < -0.4 is 0 Å². The van der Waals surface area contributed by atoms with Gasteiger partial charge >= 0.3 is 0 Å². The highest BCUT2D eigenvalue weighted by molar-refractivity contribution is 7.19. The van der Waals surface area contributed by atoms with E-state index in [1.165, 1.54) is 11.3 Å². The first-order valence-corrected chi connectivity index (χ1v) is 13.8. The van der Waals surface area contributed by atoms with Gasteiger partial charge in [0.25, 0.3) is 5.91 Å². The number of Topliss-reactive ketones (excluding diaryl/α,β-unsaturated/α-hetero) is 1. The number of aromatic nitrogens is 2. The Labute approximate surface area is 224 Å². The van der Waals surface area contributed by atoms with Gasteiger partial charge in [-0.1, -0.05) is 53.3 Å². The number of amides is 1. The van der Waals surface area contributed by atoms with Crippen LogP contribution in [-0.4, -0.2) is 75.4 Å². The third-order valence-electron chi connectivity index (χ3n) is 7.51. The number of hydrogen-bond donors (Lipinski definition) is 1. The van der Waals surface area contributed by atoms with Gasteiger partial charge in [-0.2, -0.15) is 0 Å². The molecule has 2 aromatic heterocycles. The number of carbonyl (C=O) groups is 2. The first-order valence-electron chi connectivity index (χ1n) is 13.0. The average Bonchev–Trinajstić information content (AvgIpc) is 3.54. The second kappa shape index (κ2) is 9.98. The molecule has 0 aliphatic carbocycles. The molecule has 1 fully saturated rings. The van der Waals surface area contributed by atoms with E-state index in [4.69, 9.17) is 4.74 Å². The highest BCUT2D eigenvalue weighted by atomic mass is 32.1. The zero-order chi connectivity index (χ0) is 26.4. The number of fused-ring (bicyclic) bond motifs is 3. The lowest BCUT2D eigenvalue weighted by Crippen LogP contribution is -2.39. The second-order valence-electron chi connectivity index (χ2n) is 9.95. The van der Waals surface area contributed by atoms with Crippen molar-refractivity contribution in [3.63, 3.8) is 0 Å². The van der Waals surface area contributed by atoms with Gasteiger partial charge in [-0.05, 0) is 38.0 Å². The lowest BCUT2D eigenvalue weighted by atomic mass is 9.94. The molecule has 0 bridgehead atoms. The Morgan fingerprint density at radius 3 is 2.58 bits per heavy atom. The summed E-state index contributed by atoms with van der Waals surface area (Å²) in [6.07, 6.45) is 0.737. The molecular formula is C29H30N4O4S. The van der Waals surface area contributed by atoms with Gasteiger partial charge in [0, 0.05) is 31.9 Å². The van der Waals surface area contributed by atoms with Crippen molar-refractivity contribution in [1.82, 2.24) is 19.2 Å². The van der Waals surface area contributed by atoms with E-state index in [0.29, 0.717) is 29.6 Å². The summed E-state index contributed by atoms with van der Waals surface area (Å²) >= 11 is 1.29. The molecule has 1 saturated heterocycles. The smallest absolute Gasteiger partial charge is 0.290 e. The van der Waals surface area contributed by atoms with E-state index in [-0.39, 0.29) is 11.4 Å². The Morgan fingerprint density at radius 2 is 1.82 bits per heavy atom. The third kappa shape index (κ3) is 4.20. The van der Waals surface area contributed by atoms with Gasteiger partial charge in [0.1, 0.15) is 0 Å². The molecule has 4 heterocycles. The minimum atomic E-state index is -0.647. The van der Waals surface area contributed by atoms with Crippen molar-refractivity contribution in [2.45, 2.75) is 26.3 Å². The molecule has 1 N–H and O–H groups in total. The Hall–Kier alpha value is -3.53. The van der Waals surface area contributed by atoms with Crippen molar-refractivity contribution in [3.8, 4) is 0 Å². The van der Waals surface area contributed by atoms with Crippen molar-refractivity contribution in [2.24, 2.45) is 0 Å². The van der Waals surface area contributed by atoms with Crippen LogP contribution in [0, 0.1) is 13.8 Å². The zero-order valence-corrected chi connectivity index (χ0v) is 22.3. The summed E-state index contributed by atoms with van der Waals surface area (Å²) in [6, 6.07) is 15.0. The average molecular weight is 531 g/mol. The van der Waals surface area contributed by atoms with Gasteiger partial charge in [-0.25, -0.2) is 4.98 Å². The molecule has 38 heavy (non-hydrogen) atoms. The summed E-state index contributed by atoms with van der Waals surface area (Å²) in [5, 5.41) is 11.1. The highest BCUT2D eigenvalue weighted by Gasteiger charge is 2.44. The molecule has 0 radical (unpaired) electrons. The predicted octanol–water partition coefficient (Wildman–Crippen LogP) is 4.47.